The number of thioether (sulfide) groups is 2. The molecule has 2 fully saturated rings. The van der Waals surface area contributed by atoms with E-state index in [2.05, 4.69) is 96.3 Å². The fourth-order valence-corrected chi connectivity index (χ4v) is 14.4. The molecule has 0 saturated carbocycles. The largest absolute Gasteiger partial charge is 0.491 e. The van der Waals surface area contributed by atoms with E-state index in [1.807, 2.05) is 13.8 Å². The van der Waals surface area contributed by atoms with Gasteiger partial charge in [0.2, 0.25) is 0 Å². The summed E-state index contributed by atoms with van der Waals surface area (Å²) >= 11 is 4.16. The molecule has 7 nitrogen and oxygen atoms in total. The summed E-state index contributed by atoms with van der Waals surface area (Å²) in [4.78, 5) is 3.01. The Hall–Kier alpha value is -1.80. The Morgan fingerprint density at radius 3 is 1.13 bits per heavy atom. The van der Waals surface area contributed by atoms with E-state index >= 15 is 0 Å². The Kier molecular flexibility index (Phi) is 20.3. The van der Waals surface area contributed by atoms with Crippen molar-refractivity contribution in [2.24, 2.45) is 0 Å². The molecule has 0 atom stereocenters. The highest BCUT2D eigenvalue weighted by molar-refractivity contribution is 8.05. The van der Waals surface area contributed by atoms with E-state index in [4.69, 9.17) is 33.2 Å². The molecule has 0 bridgehead atoms. The molecule has 6 rings (SSSR count). The molecule has 0 aliphatic carbocycles. The number of hydrogen-bond acceptors (Lipinski definition) is 9. The summed E-state index contributed by atoms with van der Waals surface area (Å²) in [5, 5.41) is 5.14. The van der Waals surface area contributed by atoms with Crippen LogP contribution in [-0.4, -0.2) is 125 Å². The van der Waals surface area contributed by atoms with Gasteiger partial charge in [0.05, 0.1) is 52.9 Å². The summed E-state index contributed by atoms with van der Waals surface area (Å²) in [6, 6.07) is 26.1. The van der Waals surface area contributed by atoms with Crippen LogP contribution in [-0.2, 0) is 45.5 Å². The molecule has 4 aromatic rings. The molecule has 53 heavy (non-hydrogen) atoms. The first kappa shape index (κ1) is 42.3. The van der Waals surface area contributed by atoms with Crippen molar-refractivity contribution in [3.63, 3.8) is 0 Å². The summed E-state index contributed by atoms with van der Waals surface area (Å²) in [6.45, 7) is 11.4. The van der Waals surface area contributed by atoms with Gasteiger partial charge in [0.15, 0.2) is 9.79 Å². The second-order valence-electron chi connectivity index (χ2n) is 12.2. The van der Waals surface area contributed by atoms with Crippen LogP contribution in [0, 0.1) is 0 Å². The average Bonchev–Trinajstić information content (AvgIpc) is 3.22. The zero-order chi connectivity index (χ0) is 36.8. The van der Waals surface area contributed by atoms with Crippen LogP contribution in [0.4, 0.5) is 0 Å². The molecule has 11 heteroatoms. The summed E-state index contributed by atoms with van der Waals surface area (Å²) in [5.41, 5.74) is 0. The van der Waals surface area contributed by atoms with Crippen molar-refractivity contribution in [2.75, 3.05) is 125 Å². The Morgan fingerprint density at radius 1 is 0.415 bits per heavy atom. The molecule has 0 amide bonds. The van der Waals surface area contributed by atoms with Crippen molar-refractivity contribution in [1.82, 2.24) is 0 Å². The minimum atomic E-state index is 0.371. The highest BCUT2D eigenvalue weighted by atomic mass is 32.2. The van der Waals surface area contributed by atoms with Gasteiger partial charge in [0.25, 0.3) is 0 Å². The summed E-state index contributed by atoms with van der Waals surface area (Å²) in [7, 11) is 0.753. The molecule has 0 N–H and O–H groups in total. The molecule has 0 aromatic heterocycles. The van der Waals surface area contributed by atoms with Crippen LogP contribution < -0.4 is 9.47 Å². The highest BCUT2D eigenvalue weighted by Gasteiger charge is 2.29. The normalized spacial score (nSPS) is 15.4. The van der Waals surface area contributed by atoms with E-state index in [1.54, 1.807) is 0 Å². The van der Waals surface area contributed by atoms with Gasteiger partial charge in [-0.2, -0.15) is 23.5 Å². The topological polar surface area (TPSA) is 64.6 Å². The third-order valence-electron chi connectivity index (χ3n) is 8.70. The van der Waals surface area contributed by atoms with Crippen molar-refractivity contribution in [3.05, 3.63) is 72.8 Å². The van der Waals surface area contributed by atoms with E-state index in [0.29, 0.717) is 87.9 Å². The van der Waals surface area contributed by atoms with E-state index in [1.165, 1.54) is 77.4 Å². The first-order valence-corrected chi connectivity index (χ1v) is 24.4. The SMILES string of the molecule is CCOCCOCCOCCOc1ccc([S+]2CCSCC2)c2ccccc12.CCOCCOCCOc1ccc([S+]2CCSCC2)c2ccccc12. The van der Waals surface area contributed by atoms with E-state index < -0.39 is 0 Å². The lowest BCUT2D eigenvalue weighted by atomic mass is 10.1. The molecular weight excluding hydrogens is 745 g/mol. The molecule has 2 aliphatic heterocycles. The van der Waals surface area contributed by atoms with Gasteiger partial charge >= 0.3 is 0 Å². The van der Waals surface area contributed by atoms with E-state index in [9.17, 15) is 0 Å². The predicted molar refractivity (Wildman–Crippen MR) is 230 cm³/mol. The van der Waals surface area contributed by atoms with Gasteiger partial charge in [-0.3, -0.25) is 0 Å². The van der Waals surface area contributed by atoms with Gasteiger partial charge in [0.1, 0.15) is 47.7 Å². The lowest BCUT2D eigenvalue weighted by Crippen LogP contribution is -2.21. The third kappa shape index (κ3) is 14.0. The zero-order valence-electron chi connectivity index (χ0n) is 31.6. The number of hydrogen-bond donors (Lipinski definition) is 0. The van der Waals surface area contributed by atoms with Crippen molar-refractivity contribution >= 4 is 66.9 Å². The lowest BCUT2D eigenvalue weighted by Gasteiger charge is -2.16. The van der Waals surface area contributed by atoms with Crippen LogP contribution in [0.15, 0.2) is 82.6 Å². The van der Waals surface area contributed by atoms with Crippen LogP contribution in [0.3, 0.4) is 0 Å². The smallest absolute Gasteiger partial charge is 0.163 e. The zero-order valence-corrected chi connectivity index (χ0v) is 34.8. The molecule has 2 saturated heterocycles. The predicted octanol–water partition coefficient (Wildman–Crippen LogP) is 8.01. The first-order valence-electron chi connectivity index (χ1n) is 19.0. The molecule has 4 aromatic carbocycles. The Bertz CT molecular complexity index is 1600. The maximum Gasteiger partial charge on any atom is 0.163 e. The quantitative estimate of drug-likeness (QED) is 0.0616. The minimum absolute atomic E-state index is 0.371. The van der Waals surface area contributed by atoms with Gasteiger partial charge < -0.3 is 33.2 Å². The molecule has 0 unspecified atom stereocenters. The second kappa shape index (κ2) is 25.4. The number of fused-ring (bicyclic) bond motifs is 2. The van der Waals surface area contributed by atoms with Gasteiger partial charge in [-0.05, 0) is 50.2 Å². The Labute approximate surface area is 331 Å². The number of ether oxygens (including phenoxy) is 7. The van der Waals surface area contributed by atoms with Gasteiger partial charge in [-0.15, -0.1) is 0 Å². The van der Waals surface area contributed by atoms with Crippen LogP contribution in [0.25, 0.3) is 21.5 Å². The lowest BCUT2D eigenvalue weighted by molar-refractivity contribution is 0.0115. The maximum atomic E-state index is 6.03. The molecular formula is C42H58O7S4+2. The van der Waals surface area contributed by atoms with Crippen molar-refractivity contribution < 1.29 is 33.2 Å². The molecule has 2 heterocycles. The van der Waals surface area contributed by atoms with Crippen molar-refractivity contribution in [1.29, 1.82) is 0 Å². The minimum Gasteiger partial charge on any atom is -0.491 e. The summed E-state index contributed by atoms with van der Waals surface area (Å²) in [5.74, 6) is 12.3. The number of rotatable bonds is 21. The standard InChI is InChI=1S/C22H31O4S2.C20H27O3S2/c1-2-23-9-10-24-11-12-25-13-14-26-21-7-8-22(28-17-15-27-16-18-28)20-6-4-3-5-19(20)21;1-2-21-9-10-22-11-12-23-19-7-8-20(25-15-13-24-14-16-25)18-6-4-3-5-17(18)19/h3-8H,2,9-18H2,1H3;3-8H,2,9-16H2,1H3/q2*+1. The van der Waals surface area contributed by atoms with Gasteiger partial charge in [-0.25, -0.2) is 0 Å². The van der Waals surface area contributed by atoms with E-state index in [0.717, 1.165) is 24.7 Å². The van der Waals surface area contributed by atoms with Crippen LogP contribution >= 0.6 is 23.5 Å². The first-order chi connectivity index (χ1) is 26.3. The van der Waals surface area contributed by atoms with Crippen LogP contribution in [0.1, 0.15) is 13.8 Å². The van der Waals surface area contributed by atoms with Crippen molar-refractivity contribution in [2.45, 2.75) is 23.6 Å². The fourth-order valence-electron chi connectivity index (χ4n) is 6.10. The third-order valence-corrected chi connectivity index (χ3v) is 16.4. The van der Waals surface area contributed by atoms with Crippen molar-refractivity contribution in [3.8, 4) is 11.5 Å². The summed E-state index contributed by atoms with van der Waals surface area (Å²) < 4.78 is 39.1. The van der Waals surface area contributed by atoms with Crippen LogP contribution in [0.2, 0.25) is 0 Å². The average molecular weight is 803 g/mol. The van der Waals surface area contributed by atoms with Gasteiger partial charge in [-0.1, -0.05) is 36.4 Å². The molecule has 0 spiro atoms. The van der Waals surface area contributed by atoms with Gasteiger partial charge in [0, 0.05) is 79.6 Å². The monoisotopic (exact) mass is 802 g/mol. The highest BCUT2D eigenvalue weighted by Crippen LogP contribution is 2.35. The van der Waals surface area contributed by atoms with Crippen LogP contribution in [0.5, 0.6) is 11.5 Å². The Balaban J connectivity index is 0.000000206. The maximum absolute atomic E-state index is 6.03. The summed E-state index contributed by atoms with van der Waals surface area (Å²) in [6.07, 6.45) is 0. The molecule has 2 aliphatic rings. The molecule has 290 valence electrons. The number of benzene rings is 4. The second-order valence-corrected chi connectivity index (χ2v) is 19.1. The molecule has 0 radical (unpaired) electrons. The Morgan fingerprint density at radius 2 is 0.755 bits per heavy atom. The fraction of sp³-hybridized carbons (Fsp3) is 0.524. The van der Waals surface area contributed by atoms with E-state index in [-0.39, 0.29) is 0 Å².